The number of nitrogens with one attached hydrogen (secondary N) is 2. The van der Waals surface area contributed by atoms with E-state index in [0.717, 1.165) is 11.8 Å². The molecule has 0 aliphatic carbocycles. The molecule has 0 fully saturated rings. The Hall–Kier alpha value is -3.03. The summed E-state index contributed by atoms with van der Waals surface area (Å²) >= 11 is 1.14. The summed E-state index contributed by atoms with van der Waals surface area (Å²) in [5, 5.41) is 13.3. The van der Waals surface area contributed by atoms with Crippen LogP contribution in [0.15, 0.2) is 0 Å². The fourth-order valence-electron chi connectivity index (χ4n) is 2.41. The van der Waals surface area contributed by atoms with Crippen LogP contribution in [0.2, 0.25) is 0 Å². The zero-order valence-electron chi connectivity index (χ0n) is 22.0. The molecule has 0 saturated heterocycles. The van der Waals surface area contributed by atoms with Gasteiger partial charge in [-0.3, -0.25) is 19.2 Å². The molecule has 208 valence electrons. The number of amides is 4. The van der Waals surface area contributed by atoms with Crippen molar-refractivity contribution in [1.82, 2.24) is 10.6 Å². The lowest BCUT2D eigenvalue weighted by Gasteiger charge is -2.22. The molecule has 36 heavy (non-hydrogen) atoms. The molecule has 4 amide bonds. The van der Waals surface area contributed by atoms with Gasteiger partial charge in [-0.25, -0.2) is 9.59 Å². The number of carbonyl (C=O) groups is 6. The van der Waals surface area contributed by atoms with Crippen molar-refractivity contribution in [3.05, 3.63) is 0 Å². The first-order valence-electron chi connectivity index (χ1n) is 11.2. The maximum Gasteiger partial charge on any atom is 0.407 e. The number of carboxylic acid groups (broad SMARTS) is 1. The largest absolute Gasteiger partial charge is 0.481 e. The van der Waals surface area contributed by atoms with E-state index in [0.29, 0.717) is 5.75 Å². The molecule has 0 aromatic heterocycles. The van der Waals surface area contributed by atoms with Gasteiger partial charge in [-0.15, -0.1) is 0 Å². The van der Waals surface area contributed by atoms with E-state index in [4.69, 9.17) is 26.0 Å². The summed E-state index contributed by atoms with van der Waals surface area (Å²) in [4.78, 5) is 66.6. The highest BCUT2D eigenvalue weighted by Crippen LogP contribution is 2.12. The quantitative estimate of drug-likeness (QED) is 0.257. The number of hydrogen-bond acceptors (Lipinski definition) is 9. The molecule has 0 heterocycles. The Bertz CT molecular complexity index is 760. The second-order valence-electron chi connectivity index (χ2n) is 9.63. The summed E-state index contributed by atoms with van der Waals surface area (Å²) in [5.41, 5.74) is 8.72. The normalized spacial score (nSPS) is 12.6. The van der Waals surface area contributed by atoms with Crippen LogP contribution in [0.1, 0.15) is 74.1 Å². The molecule has 2 atom stereocenters. The Morgan fingerprint density at radius 2 is 1.11 bits per heavy atom. The SMILES string of the molecule is CC(C)(C)OC(=O)N[C@@H](CC(N)=O)CC(=O)O.CCSC(=O)C[C@H](CC(N)=O)NC(=O)OC(C)(C)C. The molecule has 0 aliphatic rings. The Labute approximate surface area is 215 Å². The van der Waals surface area contributed by atoms with Crippen LogP contribution in [0.5, 0.6) is 0 Å². The highest BCUT2D eigenvalue weighted by atomic mass is 32.2. The Morgan fingerprint density at radius 1 is 0.750 bits per heavy atom. The molecular weight excluding hydrogens is 496 g/mol. The average Bonchev–Trinajstić information content (AvgIpc) is 2.56. The third-order valence-electron chi connectivity index (χ3n) is 3.48. The Morgan fingerprint density at radius 3 is 1.39 bits per heavy atom. The summed E-state index contributed by atoms with van der Waals surface area (Å²) < 4.78 is 10.0. The summed E-state index contributed by atoms with van der Waals surface area (Å²) in [7, 11) is 0. The predicted molar refractivity (Wildman–Crippen MR) is 134 cm³/mol. The van der Waals surface area contributed by atoms with Gasteiger partial charge in [-0.05, 0) is 47.3 Å². The molecule has 0 radical (unpaired) electrons. The fraction of sp³-hybridized carbons (Fsp3) is 0.727. The third-order valence-corrected chi connectivity index (χ3v) is 4.25. The Kier molecular flexibility index (Phi) is 16.2. The van der Waals surface area contributed by atoms with Crippen LogP contribution in [-0.2, 0) is 28.7 Å². The standard InChI is InChI=1S/C12H22N2O4S.C10H18N2O5/c1-5-19-10(16)7-8(6-9(13)15)14-11(17)18-12(2,3)4;1-10(2,3)17-9(16)12-6(4-7(11)13)5-8(14)15/h8H,5-7H2,1-4H3,(H2,13,15)(H,14,17);6H,4-5H2,1-3H3,(H2,11,13)(H,12,16)(H,14,15)/t8-;6-/m00/s1. The second-order valence-corrected chi connectivity index (χ2v) is 11.0. The third kappa shape index (κ3) is 24.1. The van der Waals surface area contributed by atoms with Gasteiger partial charge in [0.15, 0.2) is 5.12 Å². The smallest absolute Gasteiger partial charge is 0.407 e. The van der Waals surface area contributed by atoms with Gasteiger partial charge in [-0.1, -0.05) is 18.7 Å². The van der Waals surface area contributed by atoms with Gasteiger partial charge in [0.25, 0.3) is 0 Å². The van der Waals surface area contributed by atoms with Gasteiger partial charge in [0.1, 0.15) is 11.2 Å². The summed E-state index contributed by atoms with van der Waals surface area (Å²) in [6.45, 7) is 12.1. The maximum absolute atomic E-state index is 11.6. The lowest BCUT2D eigenvalue weighted by molar-refractivity contribution is -0.137. The minimum atomic E-state index is -1.13. The zero-order chi connectivity index (χ0) is 28.7. The lowest BCUT2D eigenvalue weighted by Crippen LogP contribution is -2.42. The zero-order valence-corrected chi connectivity index (χ0v) is 22.8. The van der Waals surface area contributed by atoms with E-state index in [1.807, 2.05) is 6.92 Å². The molecule has 0 aliphatic heterocycles. The first-order chi connectivity index (χ1) is 16.2. The van der Waals surface area contributed by atoms with Crippen molar-refractivity contribution in [2.45, 2.75) is 97.4 Å². The van der Waals surface area contributed by atoms with Crippen molar-refractivity contribution in [1.29, 1.82) is 0 Å². The predicted octanol–water partition coefficient (Wildman–Crippen LogP) is 1.65. The summed E-state index contributed by atoms with van der Waals surface area (Å²) in [5.74, 6) is -1.75. The van der Waals surface area contributed by atoms with Crippen LogP contribution in [-0.4, -0.2) is 69.2 Å². The molecule has 0 aromatic rings. The van der Waals surface area contributed by atoms with Crippen molar-refractivity contribution >= 4 is 46.8 Å². The number of hydrogen-bond donors (Lipinski definition) is 5. The molecule has 7 N–H and O–H groups in total. The van der Waals surface area contributed by atoms with Gasteiger partial charge in [0.2, 0.25) is 11.8 Å². The van der Waals surface area contributed by atoms with Gasteiger partial charge < -0.3 is 36.7 Å². The molecule has 13 nitrogen and oxygen atoms in total. The molecule has 0 bridgehead atoms. The number of aliphatic carboxylic acids is 1. The van der Waals surface area contributed by atoms with Crippen molar-refractivity contribution in [2.24, 2.45) is 11.5 Å². The number of rotatable bonds is 11. The van der Waals surface area contributed by atoms with E-state index in [1.165, 1.54) is 0 Å². The second kappa shape index (κ2) is 16.6. The minimum absolute atomic E-state index is 0.0562. The maximum atomic E-state index is 11.6. The van der Waals surface area contributed by atoms with Gasteiger partial charge in [0, 0.05) is 25.3 Å². The lowest BCUT2D eigenvalue weighted by atomic mass is 10.1. The van der Waals surface area contributed by atoms with Gasteiger partial charge >= 0.3 is 18.2 Å². The Balaban J connectivity index is 0. The van der Waals surface area contributed by atoms with Crippen LogP contribution in [0, 0.1) is 0 Å². The fourth-order valence-corrected chi connectivity index (χ4v) is 3.06. The number of ether oxygens (including phenoxy) is 2. The van der Waals surface area contributed by atoms with Crippen LogP contribution >= 0.6 is 11.8 Å². The van der Waals surface area contributed by atoms with Crippen LogP contribution in [0.3, 0.4) is 0 Å². The molecule has 0 saturated carbocycles. The topological polar surface area (TPSA) is 217 Å². The molecule has 0 aromatic carbocycles. The number of nitrogens with two attached hydrogens (primary N) is 2. The first kappa shape index (κ1) is 35.1. The highest BCUT2D eigenvalue weighted by Gasteiger charge is 2.23. The van der Waals surface area contributed by atoms with E-state index < -0.39 is 53.3 Å². The molecule has 0 unspecified atom stereocenters. The average molecular weight is 537 g/mol. The number of thioether (sulfide) groups is 1. The monoisotopic (exact) mass is 536 g/mol. The van der Waals surface area contributed by atoms with Crippen LogP contribution in [0.4, 0.5) is 9.59 Å². The molecule has 0 spiro atoms. The van der Waals surface area contributed by atoms with Crippen molar-refractivity contribution in [3.63, 3.8) is 0 Å². The summed E-state index contributed by atoms with van der Waals surface area (Å²) in [6.07, 6.45) is -2.10. The first-order valence-corrected chi connectivity index (χ1v) is 12.2. The minimum Gasteiger partial charge on any atom is -0.481 e. The highest BCUT2D eigenvalue weighted by molar-refractivity contribution is 8.13. The van der Waals surface area contributed by atoms with Crippen LogP contribution < -0.4 is 22.1 Å². The van der Waals surface area contributed by atoms with Crippen LogP contribution in [0.25, 0.3) is 0 Å². The van der Waals surface area contributed by atoms with Gasteiger partial charge in [0.05, 0.1) is 12.5 Å². The van der Waals surface area contributed by atoms with E-state index in [9.17, 15) is 28.8 Å². The van der Waals surface area contributed by atoms with Crippen molar-refractivity contribution < 1.29 is 43.3 Å². The van der Waals surface area contributed by atoms with E-state index >= 15 is 0 Å². The van der Waals surface area contributed by atoms with Crippen molar-refractivity contribution in [2.75, 3.05) is 5.75 Å². The van der Waals surface area contributed by atoms with E-state index in [1.54, 1.807) is 41.5 Å². The molecular formula is C22H40N4O9S. The summed E-state index contributed by atoms with van der Waals surface area (Å²) in [6, 6.07) is -1.49. The van der Waals surface area contributed by atoms with E-state index in [-0.39, 0.29) is 30.8 Å². The molecule has 0 rings (SSSR count). The number of carbonyl (C=O) groups excluding carboxylic acids is 5. The number of primary amides is 2. The van der Waals surface area contributed by atoms with Crippen molar-refractivity contribution in [3.8, 4) is 0 Å². The molecule has 14 heteroatoms. The van der Waals surface area contributed by atoms with E-state index in [2.05, 4.69) is 10.6 Å². The number of alkyl carbamates (subject to hydrolysis) is 2. The number of carboxylic acids is 1. The van der Waals surface area contributed by atoms with Gasteiger partial charge in [-0.2, -0.15) is 0 Å².